The highest BCUT2D eigenvalue weighted by atomic mass is 32.2. The highest BCUT2D eigenvalue weighted by molar-refractivity contribution is 7.92. The molecule has 0 fully saturated rings. The summed E-state index contributed by atoms with van der Waals surface area (Å²) in [5.74, 6) is -1.63. The molecule has 276 valence electrons. The van der Waals surface area contributed by atoms with Crippen LogP contribution in [0.5, 0.6) is 0 Å². The minimum absolute atomic E-state index is 0.0144. The third-order valence-electron chi connectivity index (χ3n) is 8.48. The van der Waals surface area contributed by atoms with Gasteiger partial charge in [-0.25, -0.2) is 16.8 Å². The summed E-state index contributed by atoms with van der Waals surface area (Å²) in [4.78, 5) is 3.96. The Balaban J connectivity index is 2.06. The molecule has 0 N–H and O–H groups in total. The highest BCUT2D eigenvalue weighted by Crippen LogP contribution is 2.42. The van der Waals surface area contributed by atoms with Crippen LogP contribution in [0.2, 0.25) is 0 Å². The Bertz CT molecular complexity index is 2720. The molecule has 0 spiro atoms. The number of fused-ring (bicyclic) bond motifs is 2. The van der Waals surface area contributed by atoms with E-state index in [1.807, 2.05) is 0 Å². The molecule has 2 aliphatic carbocycles. The van der Waals surface area contributed by atoms with Crippen LogP contribution in [0.25, 0.3) is 43.3 Å². The number of nitriles is 2. The molecule has 5 rings (SSSR count). The molecule has 20 heteroatoms. The molecule has 0 radical (unpaired) electrons. The van der Waals surface area contributed by atoms with Crippen molar-refractivity contribution in [2.75, 3.05) is 0 Å². The number of alkyl halides is 9. The summed E-state index contributed by atoms with van der Waals surface area (Å²) in [5.41, 5.74) is -13.7. The van der Waals surface area contributed by atoms with E-state index in [1.54, 1.807) is 0 Å². The third-order valence-corrected chi connectivity index (χ3v) is 11.5. The number of sulfone groups is 2. The Labute approximate surface area is 298 Å². The van der Waals surface area contributed by atoms with Crippen LogP contribution in [0, 0.1) is 35.8 Å². The first kappa shape index (κ1) is 39.1. The van der Waals surface area contributed by atoms with Crippen LogP contribution in [-0.2, 0) is 37.3 Å². The summed E-state index contributed by atoms with van der Waals surface area (Å²) < 4.78 is 175. The minimum Gasteiger partial charge on any atom is -0.405 e. The summed E-state index contributed by atoms with van der Waals surface area (Å²) in [6.07, 6.45) is -6.64. The topological polar surface area (TPSA) is 134 Å². The molecule has 3 aromatic rings. The Morgan fingerprint density at radius 3 is 1.44 bits per heavy atom. The fraction of sp³-hybridized carbons (Fsp3) is 0.176. The maximum atomic E-state index is 14.1. The molecule has 0 unspecified atom stereocenters. The second-order valence-corrected chi connectivity index (χ2v) is 15.2. The Morgan fingerprint density at radius 2 is 1.07 bits per heavy atom. The first-order valence-electron chi connectivity index (χ1n) is 14.5. The number of rotatable bonds is 5. The number of benzene rings is 3. The van der Waals surface area contributed by atoms with E-state index < -0.39 is 87.6 Å². The van der Waals surface area contributed by atoms with Crippen LogP contribution < -0.4 is 10.4 Å². The smallest absolute Gasteiger partial charge is 0.405 e. The Morgan fingerprint density at radius 1 is 0.685 bits per heavy atom. The number of ether oxygens (including phenoxy) is 1. The molecule has 0 saturated heterocycles. The Hall–Kier alpha value is -6.09. The zero-order valence-electron chi connectivity index (χ0n) is 26.6. The molecule has 0 heterocycles. The van der Waals surface area contributed by atoms with Crippen molar-refractivity contribution in [1.29, 1.82) is 10.5 Å². The van der Waals surface area contributed by atoms with Crippen LogP contribution >= 0.6 is 0 Å². The molecule has 0 aliphatic heterocycles. The predicted octanol–water partition coefficient (Wildman–Crippen LogP) is 6.93. The van der Waals surface area contributed by atoms with Crippen LogP contribution in [0.4, 0.5) is 39.5 Å². The summed E-state index contributed by atoms with van der Waals surface area (Å²) in [6, 6.07) is 8.65. The van der Waals surface area contributed by atoms with E-state index >= 15 is 0 Å². The molecule has 2 aliphatic rings. The molecule has 9 nitrogen and oxygen atoms in total. The lowest BCUT2D eigenvalue weighted by Crippen LogP contribution is -2.26. The molecule has 3 aromatic carbocycles. The van der Waals surface area contributed by atoms with Crippen LogP contribution in [0.15, 0.2) is 80.9 Å². The van der Waals surface area contributed by atoms with Crippen molar-refractivity contribution in [2.45, 2.75) is 46.9 Å². The summed E-state index contributed by atoms with van der Waals surface area (Å²) in [7, 11) is -11.8. The van der Waals surface area contributed by atoms with Gasteiger partial charge in [0, 0.05) is 17.2 Å². The number of nitrogens with zero attached hydrogens (tertiary/aromatic N) is 4. The van der Waals surface area contributed by atoms with Gasteiger partial charge in [0.1, 0.15) is 36.6 Å². The standard InChI is InChI=1S/C34H15F9N4O5S2/c1-16-22(31(46-2)47-3)12-24-26(16)27(17-4-8-20(9-5-17)53(48,49)33(38,39)40)25-13-23(19(14-44)15-45)30(52-32(35,36)37)29(25)28(24)18-6-10-21(11-7-18)54(50,51)34(41,42)43/h4-11H,12-13H2,1H3. The monoisotopic (exact) mass is 794 g/mol. The van der Waals surface area contributed by atoms with Gasteiger partial charge in [0.25, 0.3) is 19.7 Å². The van der Waals surface area contributed by atoms with E-state index in [2.05, 4.69) is 14.4 Å². The van der Waals surface area contributed by atoms with E-state index in [9.17, 15) is 66.9 Å². The predicted molar refractivity (Wildman–Crippen MR) is 169 cm³/mol. The summed E-state index contributed by atoms with van der Waals surface area (Å²) in [6.45, 7) is 16.5. The summed E-state index contributed by atoms with van der Waals surface area (Å²) >= 11 is 0. The lowest BCUT2D eigenvalue weighted by molar-refractivity contribution is -0.290. The number of hydrogen-bond acceptors (Lipinski definition) is 7. The van der Waals surface area contributed by atoms with Gasteiger partial charge in [0.2, 0.25) is 0 Å². The van der Waals surface area contributed by atoms with Crippen molar-refractivity contribution in [1.82, 2.24) is 0 Å². The van der Waals surface area contributed by atoms with Gasteiger partial charge in [-0.2, -0.15) is 46.6 Å². The van der Waals surface area contributed by atoms with E-state index in [0.29, 0.717) is 24.3 Å². The first-order valence-corrected chi connectivity index (χ1v) is 17.5. The number of halogens is 9. The molecule has 54 heavy (non-hydrogen) atoms. The van der Waals surface area contributed by atoms with Crippen molar-refractivity contribution in [3.63, 3.8) is 0 Å². The Kier molecular flexibility index (Phi) is 9.48. The largest absolute Gasteiger partial charge is 0.573 e. The zero-order valence-corrected chi connectivity index (χ0v) is 28.2. The average Bonchev–Trinajstić information content (AvgIpc) is 3.60. The molecule has 0 amide bonds. The lowest BCUT2D eigenvalue weighted by atomic mass is 9.87. The molecule has 0 bridgehead atoms. The third kappa shape index (κ3) is 6.33. The van der Waals surface area contributed by atoms with Gasteiger partial charge in [-0.05, 0) is 81.8 Å². The highest BCUT2D eigenvalue weighted by Gasteiger charge is 2.48. The van der Waals surface area contributed by atoms with Crippen molar-refractivity contribution >= 4 is 31.0 Å². The van der Waals surface area contributed by atoms with Crippen LogP contribution in [-0.4, -0.2) is 34.2 Å². The molecule has 0 aromatic heterocycles. The van der Waals surface area contributed by atoms with Gasteiger partial charge >= 0.3 is 23.2 Å². The van der Waals surface area contributed by atoms with Gasteiger partial charge in [-0.3, -0.25) is 0 Å². The van der Waals surface area contributed by atoms with Gasteiger partial charge < -0.3 is 4.74 Å². The zero-order chi connectivity index (χ0) is 40.3. The van der Waals surface area contributed by atoms with Crippen molar-refractivity contribution in [3.8, 4) is 34.4 Å². The summed E-state index contributed by atoms with van der Waals surface area (Å²) in [5, 5.41) is 19.0. The van der Waals surface area contributed by atoms with E-state index in [1.165, 1.54) is 19.1 Å². The van der Waals surface area contributed by atoms with E-state index in [0.717, 1.165) is 24.3 Å². The van der Waals surface area contributed by atoms with Gasteiger partial charge in [0.05, 0.1) is 15.4 Å². The van der Waals surface area contributed by atoms with Gasteiger partial charge in [-0.15, -0.1) is 13.2 Å². The molecular weight excluding hydrogens is 780 g/mol. The SMILES string of the molecule is [C-]#[N+]C([N+]#[C-])=C1Cc2c(-c3ccc(S(=O)(=O)C(F)(F)F)cc3)c3c(c(-c4ccc(S(=O)(=O)C(F)(F)F)cc4)c2=C1C)CC(=C(C#N)C#N)C=3OC(F)(F)F. The van der Waals surface area contributed by atoms with E-state index in [4.69, 9.17) is 13.1 Å². The maximum Gasteiger partial charge on any atom is 0.573 e. The van der Waals surface area contributed by atoms with Crippen molar-refractivity contribution in [2.24, 2.45) is 0 Å². The quantitative estimate of drug-likeness (QED) is 0.155. The van der Waals surface area contributed by atoms with Gasteiger partial charge in [-0.1, -0.05) is 24.3 Å². The normalized spacial score (nSPS) is 14.4. The number of allylic oxidation sites excluding steroid dienone is 2. The fourth-order valence-corrected chi connectivity index (χ4v) is 7.77. The maximum absolute atomic E-state index is 14.1. The van der Waals surface area contributed by atoms with Gasteiger partial charge in [0.15, 0.2) is 0 Å². The lowest BCUT2D eigenvalue weighted by Gasteiger charge is -2.18. The van der Waals surface area contributed by atoms with Crippen molar-refractivity contribution in [3.05, 3.63) is 115 Å². The fourth-order valence-electron chi connectivity index (χ4n) is 6.24. The van der Waals surface area contributed by atoms with Crippen LogP contribution in [0.3, 0.4) is 0 Å². The first-order chi connectivity index (χ1) is 24.9. The average molecular weight is 795 g/mol. The molecule has 0 atom stereocenters. The molecular formula is C34H15F9N4O5S2. The minimum atomic E-state index is -5.91. The number of hydrogen-bond donors (Lipinski definition) is 0. The second-order valence-electron chi connectivity index (χ2n) is 11.4. The van der Waals surface area contributed by atoms with E-state index in [-0.39, 0.29) is 49.7 Å². The molecule has 0 saturated carbocycles. The van der Waals surface area contributed by atoms with Crippen molar-refractivity contribution < 1.29 is 61.1 Å². The second kappa shape index (κ2) is 13.1. The van der Waals surface area contributed by atoms with Crippen LogP contribution in [0.1, 0.15) is 18.1 Å².